The Morgan fingerprint density at radius 1 is 1.22 bits per heavy atom. The van der Waals surface area contributed by atoms with Crippen LogP contribution in [0.25, 0.3) is 0 Å². The number of hydrazine groups is 1. The van der Waals surface area contributed by atoms with Crippen LogP contribution in [0.1, 0.15) is 13.3 Å². The van der Waals surface area contributed by atoms with Gasteiger partial charge >= 0.3 is 0 Å². The van der Waals surface area contributed by atoms with Crippen molar-refractivity contribution in [2.24, 2.45) is 0 Å². The van der Waals surface area contributed by atoms with Crippen molar-refractivity contribution in [2.75, 3.05) is 44.7 Å². The second-order valence-electron chi connectivity index (χ2n) is 4.58. The van der Waals surface area contributed by atoms with Crippen molar-refractivity contribution >= 4 is 5.69 Å². The first-order valence-electron chi connectivity index (χ1n) is 6.71. The topological polar surface area (TPSA) is 27.7 Å². The maximum absolute atomic E-state index is 5.27. The average molecular weight is 249 g/mol. The number of anilines is 1. The van der Waals surface area contributed by atoms with Crippen molar-refractivity contribution in [1.29, 1.82) is 0 Å². The van der Waals surface area contributed by atoms with Gasteiger partial charge in [0.25, 0.3) is 0 Å². The molecule has 0 saturated carbocycles. The van der Waals surface area contributed by atoms with Crippen molar-refractivity contribution in [3.05, 3.63) is 24.3 Å². The van der Waals surface area contributed by atoms with Gasteiger partial charge in [-0.1, -0.05) is 13.0 Å². The van der Waals surface area contributed by atoms with E-state index in [1.807, 2.05) is 6.07 Å². The fourth-order valence-electron chi connectivity index (χ4n) is 2.20. The predicted molar refractivity (Wildman–Crippen MR) is 75.1 cm³/mol. The van der Waals surface area contributed by atoms with Gasteiger partial charge in [0, 0.05) is 44.5 Å². The summed E-state index contributed by atoms with van der Waals surface area (Å²) < 4.78 is 5.27. The molecule has 0 aromatic heterocycles. The fourth-order valence-corrected chi connectivity index (χ4v) is 2.20. The number of ether oxygens (including phenoxy) is 1. The van der Waals surface area contributed by atoms with Crippen LogP contribution in [0.15, 0.2) is 24.3 Å². The van der Waals surface area contributed by atoms with Crippen LogP contribution < -0.4 is 15.1 Å². The second kappa shape index (κ2) is 6.61. The molecule has 1 aliphatic rings. The van der Waals surface area contributed by atoms with E-state index in [0.29, 0.717) is 0 Å². The van der Waals surface area contributed by atoms with Gasteiger partial charge in [0.2, 0.25) is 0 Å². The minimum Gasteiger partial charge on any atom is -0.497 e. The van der Waals surface area contributed by atoms with Crippen LogP contribution in [-0.2, 0) is 0 Å². The first kappa shape index (κ1) is 13.2. The number of nitrogens with zero attached hydrogens (tertiary/aromatic N) is 2. The number of hydrogen-bond donors (Lipinski definition) is 1. The Balaban J connectivity index is 1.88. The van der Waals surface area contributed by atoms with Gasteiger partial charge in [0.15, 0.2) is 0 Å². The Morgan fingerprint density at radius 3 is 2.67 bits per heavy atom. The third-order valence-corrected chi connectivity index (χ3v) is 3.28. The van der Waals surface area contributed by atoms with E-state index in [2.05, 4.69) is 40.5 Å². The molecule has 1 aromatic carbocycles. The maximum atomic E-state index is 5.27. The zero-order valence-electron chi connectivity index (χ0n) is 11.4. The molecule has 0 aliphatic carbocycles. The molecule has 1 saturated heterocycles. The summed E-state index contributed by atoms with van der Waals surface area (Å²) in [6, 6.07) is 8.30. The number of benzene rings is 1. The van der Waals surface area contributed by atoms with E-state index in [1.54, 1.807) is 7.11 Å². The van der Waals surface area contributed by atoms with Crippen molar-refractivity contribution in [2.45, 2.75) is 13.3 Å². The molecule has 4 nitrogen and oxygen atoms in total. The van der Waals surface area contributed by atoms with E-state index >= 15 is 0 Å². The number of nitrogens with one attached hydrogen (secondary N) is 1. The average Bonchev–Trinajstić information content (AvgIpc) is 2.46. The number of methoxy groups -OCH3 is 1. The standard InChI is InChI=1S/C14H23N3O/c1-3-7-15-17-10-8-16(9-11-17)13-5-4-6-14(12-13)18-2/h4-6,12,15H,3,7-11H2,1-2H3. The van der Waals surface area contributed by atoms with Crippen LogP contribution in [0, 0.1) is 0 Å². The molecule has 0 amide bonds. The molecular weight excluding hydrogens is 226 g/mol. The van der Waals surface area contributed by atoms with Gasteiger partial charge in [0.05, 0.1) is 7.11 Å². The summed E-state index contributed by atoms with van der Waals surface area (Å²) in [5, 5.41) is 2.32. The number of piperazine rings is 1. The van der Waals surface area contributed by atoms with E-state index < -0.39 is 0 Å². The van der Waals surface area contributed by atoms with Crippen LogP contribution in [-0.4, -0.2) is 44.8 Å². The Bertz CT molecular complexity index is 362. The lowest BCUT2D eigenvalue weighted by Crippen LogP contribution is -2.52. The highest BCUT2D eigenvalue weighted by atomic mass is 16.5. The molecule has 0 unspecified atom stereocenters. The highest BCUT2D eigenvalue weighted by molar-refractivity contribution is 5.51. The first-order chi connectivity index (χ1) is 8.83. The third kappa shape index (κ3) is 3.37. The summed E-state index contributed by atoms with van der Waals surface area (Å²) in [6.45, 7) is 7.51. The van der Waals surface area contributed by atoms with Crippen molar-refractivity contribution in [3.8, 4) is 5.75 Å². The molecule has 2 rings (SSSR count). The second-order valence-corrected chi connectivity index (χ2v) is 4.58. The van der Waals surface area contributed by atoms with Crippen molar-refractivity contribution < 1.29 is 4.74 Å². The van der Waals surface area contributed by atoms with Crippen molar-refractivity contribution in [1.82, 2.24) is 10.4 Å². The van der Waals surface area contributed by atoms with Gasteiger partial charge in [-0.15, -0.1) is 0 Å². The summed E-state index contributed by atoms with van der Waals surface area (Å²) in [4.78, 5) is 2.41. The highest BCUT2D eigenvalue weighted by Crippen LogP contribution is 2.21. The fraction of sp³-hybridized carbons (Fsp3) is 0.571. The van der Waals surface area contributed by atoms with Crippen LogP contribution in [0.3, 0.4) is 0 Å². The summed E-state index contributed by atoms with van der Waals surface area (Å²) in [5.74, 6) is 0.930. The molecule has 4 heteroatoms. The predicted octanol–water partition coefficient (Wildman–Crippen LogP) is 1.73. The maximum Gasteiger partial charge on any atom is 0.120 e. The third-order valence-electron chi connectivity index (χ3n) is 3.28. The van der Waals surface area contributed by atoms with Gasteiger partial charge in [-0.25, -0.2) is 5.01 Å². The quantitative estimate of drug-likeness (QED) is 0.860. The SMILES string of the molecule is CCCNN1CCN(c2cccc(OC)c2)CC1. The Morgan fingerprint density at radius 2 is 2.00 bits per heavy atom. The Labute approximate surface area is 109 Å². The van der Waals surface area contributed by atoms with E-state index in [4.69, 9.17) is 4.74 Å². The molecule has 0 atom stereocenters. The van der Waals surface area contributed by atoms with Gasteiger partial charge in [-0.2, -0.15) is 0 Å². The van der Waals surface area contributed by atoms with E-state index in [0.717, 1.165) is 38.5 Å². The normalized spacial score (nSPS) is 16.9. The largest absolute Gasteiger partial charge is 0.497 e. The molecule has 0 bridgehead atoms. The van der Waals surface area contributed by atoms with E-state index in [-0.39, 0.29) is 0 Å². The van der Waals surface area contributed by atoms with Gasteiger partial charge in [0.1, 0.15) is 5.75 Å². The molecule has 18 heavy (non-hydrogen) atoms. The van der Waals surface area contributed by atoms with Crippen LogP contribution >= 0.6 is 0 Å². The number of hydrogen-bond acceptors (Lipinski definition) is 4. The molecule has 1 aliphatic heterocycles. The minimum atomic E-state index is 0.930. The molecule has 0 radical (unpaired) electrons. The zero-order valence-corrected chi connectivity index (χ0v) is 11.4. The Kier molecular flexibility index (Phi) is 4.84. The Hall–Kier alpha value is -1.26. The molecule has 100 valence electrons. The monoisotopic (exact) mass is 249 g/mol. The molecular formula is C14H23N3O. The minimum absolute atomic E-state index is 0.930. The molecule has 1 aromatic rings. The lowest BCUT2D eigenvalue weighted by Gasteiger charge is -2.36. The van der Waals surface area contributed by atoms with Gasteiger partial charge in [-0.3, -0.25) is 5.43 Å². The van der Waals surface area contributed by atoms with Crippen molar-refractivity contribution in [3.63, 3.8) is 0 Å². The van der Waals surface area contributed by atoms with Crippen LogP contribution in [0.4, 0.5) is 5.69 Å². The van der Waals surface area contributed by atoms with Crippen LogP contribution in [0.2, 0.25) is 0 Å². The molecule has 1 N–H and O–H groups in total. The summed E-state index contributed by atoms with van der Waals surface area (Å²) >= 11 is 0. The zero-order chi connectivity index (χ0) is 12.8. The summed E-state index contributed by atoms with van der Waals surface area (Å²) in [6.07, 6.45) is 1.18. The lowest BCUT2D eigenvalue weighted by molar-refractivity contribution is 0.177. The highest BCUT2D eigenvalue weighted by Gasteiger charge is 2.16. The molecule has 1 fully saturated rings. The smallest absolute Gasteiger partial charge is 0.120 e. The first-order valence-corrected chi connectivity index (χ1v) is 6.71. The van der Waals surface area contributed by atoms with Gasteiger partial charge in [-0.05, 0) is 18.6 Å². The molecule has 1 heterocycles. The van der Waals surface area contributed by atoms with E-state index in [9.17, 15) is 0 Å². The summed E-state index contributed by atoms with van der Waals surface area (Å²) in [7, 11) is 1.71. The molecule has 0 spiro atoms. The lowest BCUT2D eigenvalue weighted by atomic mass is 10.2. The van der Waals surface area contributed by atoms with Gasteiger partial charge < -0.3 is 9.64 Å². The summed E-state index contributed by atoms with van der Waals surface area (Å²) in [5.41, 5.74) is 4.70. The number of rotatable bonds is 5. The van der Waals surface area contributed by atoms with E-state index in [1.165, 1.54) is 12.1 Å². The van der Waals surface area contributed by atoms with Crippen LogP contribution in [0.5, 0.6) is 5.75 Å².